The first-order valence-electron chi connectivity index (χ1n) is 12.4. The SMILES string of the molecule is CCCCOc1ccc(C2c3c(-c4cc(C)cc(C)c4O)n[nH]c3C(=O)N2CCCC)cc1OC. The number of carbonyl (C=O) groups excluding carboxylic acids is 1. The number of benzene rings is 2. The van der Waals surface area contributed by atoms with Crippen LogP contribution in [0.25, 0.3) is 11.3 Å². The van der Waals surface area contributed by atoms with Crippen molar-refractivity contribution in [1.29, 1.82) is 0 Å². The molecule has 7 nitrogen and oxygen atoms in total. The van der Waals surface area contributed by atoms with Crippen LogP contribution in [-0.2, 0) is 0 Å². The quantitative estimate of drug-likeness (QED) is 0.353. The first kappa shape index (κ1) is 24.6. The van der Waals surface area contributed by atoms with Crippen LogP contribution in [-0.4, -0.2) is 46.4 Å². The van der Waals surface area contributed by atoms with Crippen LogP contribution in [0.1, 0.15) is 78.3 Å². The van der Waals surface area contributed by atoms with E-state index in [2.05, 4.69) is 24.0 Å². The van der Waals surface area contributed by atoms with Crippen LogP contribution in [0, 0.1) is 13.8 Å². The van der Waals surface area contributed by atoms with Crippen molar-refractivity contribution in [1.82, 2.24) is 15.1 Å². The van der Waals surface area contributed by atoms with Crippen molar-refractivity contribution in [3.63, 3.8) is 0 Å². The highest BCUT2D eigenvalue weighted by Gasteiger charge is 2.42. The number of aromatic amines is 1. The Morgan fingerprint density at radius 3 is 2.57 bits per heavy atom. The van der Waals surface area contributed by atoms with Crippen LogP contribution < -0.4 is 9.47 Å². The number of ether oxygens (including phenoxy) is 2. The number of unbranched alkanes of at least 4 members (excludes halogenated alkanes) is 2. The Morgan fingerprint density at radius 1 is 1.09 bits per heavy atom. The summed E-state index contributed by atoms with van der Waals surface area (Å²) >= 11 is 0. The lowest BCUT2D eigenvalue weighted by Gasteiger charge is -2.27. The Kier molecular flexibility index (Phi) is 7.34. The smallest absolute Gasteiger partial charge is 0.273 e. The van der Waals surface area contributed by atoms with Crippen LogP contribution in [0.4, 0.5) is 0 Å². The second-order valence-electron chi connectivity index (χ2n) is 9.21. The summed E-state index contributed by atoms with van der Waals surface area (Å²) in [5.74, 6) is 1.42. The highest BCUT2D eigenvalue weighted by molar-refractivity contribution is 6.00. The summed E-state index contributed by atoms with van der Waals surface area (Å²) in [6.07, 6.45) is 3.88. The van der Waals surface area contributed by atoms with E-state index in [-0.39, 0.29) is 17.7 Å². The van der Waals surface area contributed by atoms with Gasteiger partial charge in [-0.2, -0.15) is 5.10 Å². The lowest BCUT2D eigenvalue weighted by atomic mass is 9.93. The van der Waals surface area contributed by atoms with Crippen molar-refractivity contribution in [2.75, 3.05) is 20.3 Å². The molecule has 1 amide bonds. The number of methoxy groups -OCH3 is 1. The molecule has 0 aliphatic carbocycles. The van der Waals surface area contributed by atoms with E-state index in [0.29, 0.717) is 41.6 Å². The van der Waals surface area contributed by atoms with Crippen LogP contribution >= 0.6 is 0 Å². The molecule has 0 bridgehead atoms. The molecule has 1 aromatic heterocycles. The summed E-state index contributed by atoms with van der Waals surface area (Å²) in [5, 5.41) is 18.4. The number of aromatic hydroxyl groups is 1. The standard InChI is InChI=1S/C28H35N3O4/c1-6-8-12-31-26(19-10-11-21(22(16-19)34-5)35-13-9-7-2)23-24(29-30-25(23)28(31)33)20-15-17(3)14-18(4)27(20)32/h10-11,14-16,26,32H,6-9,12-13H2,1-5H3,(H,29,30). The molecule has 0 saturated heterocycles. The van der Waals surface area contributed by atoms with Crippen molar-refractivity contribution >= 4 is 5.91 Å². The number of fused-ring (bicyclic) bond motifs is 1. The van der Waals surface area contributed by atoms with E-state index in [4.69, 9.17) is 9.47 Å². The Bertz CT molecular complexity index is 1220. The van der Waals surface area contributed by atoms with E-state index in [1.54, 1.807) is 7.11 Å². The number of phenols is 1. The normalized spacial score (nSPS) is 14.9. The van der Waals surface area contributed by atoms with Gasteiger partial charge in [-0.1, -0.05) is 38.8 Å². The summed E-state index contributed by atoms with van der Waals surface area (Å²) in [4.78, 5) is 15.4. The molecule has 0 fully saturated rings. The molecule has 2 N–H and O–H groups in total. The number of aryl methyl sites for hydroxylation is 2. The topological polar surface area (TPSA) is 87.7 Å². The molecule has 2 heterocycles. The number of hydrogen-bond donors (Lipinski definition) is 2. The molecular formula is C28H35N3O4. The monoisotopic (exact) mass is 477 g/mol. The molecule has 3 aromatic rings. The number of phenolic OH excluding ortho intramolecular Hbond substituents is 1. The lowest BCUT2D eigenvalue weighted by Crippen LogP contribution is -2.30. The Balaban J connectivity index is 1.84. The van der Waals surface area contributed by atoms with Gasteiger partial charge in [0.15, 0.2) is 11.5 Å². The van der Waals surface area contributed by atoms with Gasteiger partial charge < -0.3 is 19.5 Å². The lowest BCUT2D eigenvalue weighted by molar-refractivity contribution is 0.0741. The van der Waals surface area contributed by atoms with Gasteiger partial charge in [-0.25, -0.2) is 0 Å². The number of nitrogens with zero attached hydrogens (tertiary/aromatic N) is 2. The van der Waals surface area contributed by atoms with Gasteiger partial charge in [0, 0.05) is 17.7 Å². The molecule has 1 aliphatic rings. The molecule has 186 valence electrons. The van der Waals surface area contributed by atoms with Crippen LogP contribution in [0.15, 0.2) is 30.3 Å². The van der Waals surface area contributed by atoms with E-state index >= 15 is 0 Å². The van der Waals surface area contributed by atoms with E-state index in [1.165, 1.54) is 0 Å². The molecule has 4 rings (SSSR count). The molecule has 1 aliphatic heterocycles. The second kappa shape index (κ2) is 10.4. The van der Waals surface area contributed by atoms with Crippen molar-refractivity contribution in [2.24, 2.45) is 0 Å². The number of amides is 1. The highest BCUT2D eigenvalue weighted by Crippen LogP contribution is 2.46. The minimum absolute atomic E-state index is 0.0803. The predicted octanol–water partition coefficient (Wildman–Crippen LogP) is 5.93. The highest BCUT2D eigenvalue weighted by atomic mass is 16.5. The Labute approximate surface area is 207 Å². The first-order valence-corrected chi connectivity index (χ1v) is 12.4. The third-order valence-corrected chi connectivity index (χ3v) is 6.58. The van der Waals surface area contributed by atoms with Gasteiger partial charge in [0.25, 0.3) is 5.91 Å². The van der Waals surface area contributed by atoms with Crippen molar-refractivity contribution in [3.8, 4) is 28.5 Å². The predicted molar refractivity (Wildman–Crippen MR) is 136 cm³/mol. The van der Waals surface area contributed by atoms with Gasteiger partial charge in [-0.15, -0.1) is 0 Å². The zero-order valence-electron chi connectivity index (χ0n) is 21.3. The minimum Gasteiger partial charge on any atom is -0.507 e. The maximum absolute atomic E-state index is 13.5. The average Bonchev–Trinajstić information content (AvgIpc) is 3.39. The summed E-state index contributed by atoms with van der Waals surface area (Å²) in [5.41, 5.74) is 5.20. The van der Waals surface area contributed by atoms with Crippen molar-refractivity contribution in [2.45, 2.75) is 59.4 Å². The molecule has 35 heavy (non-hydrogen) atoms. The third kappa shape index (κ3) is 4.59. The molecule has 1 atom stereocenters. The second-order valence-corrected chi connectivity index (χ2v) is 9.21. The number of carbonyl (C=O) groups is 1. The fourth-order valence-corrected chi connectivity index (χ4v) is 4.75. The van der Waals surface area contributed by atoms with E-state index in [9.17, 15) is 9.90 Å². The number of H-pyrrole nitrogens is 1. The molecule has 7 heteroatoms. The summed E-state index contributed by atoms with van der Waals surface area (Å²) in [6, 6.07) is 9.36. The molecular weight excluding hydrogens is 442 g/mol. The number of aromatic nitrogens is 2. The Hall–Kier alpha value is -3.48. The van der Waals surface area contributed by atoms with Gasteiger partial charge in [0.05, 0.1) is 19.8 Å². The van der Waals surface area contributed by atoms with Gasteiger partial charge in [-0.3, -0.25) is 9.89 Å². The fourth-order valence-electron chi connectivity index (χ4n) is 4.75. The maximum atomic E-state index is 13.5. The minimum atomic E-state index is -0.350. The first-order chi connectivity index (χ1) is 16.9. The largest absolute Gasteiger partial charge is 0.507 e. The zero-order valence-corrected chi connectivity index (χ0v) is 21.3. The van der Waals surface area contributed by atoms with Gasteiger partial charge in [0.2, 0.25) is 0 Å². The van der Waals surface area contributed by atoms with Crippen LogP contribution in [0.2, 0.25) is 0 Å². The third-order valence-electron chi connectivity index (χ3n) is 6.58. The summed E-state index contributed by atoms with van der Waals surface area (Å²) in [7, 11) is 1.63. The van der Waals surface area contributed by atoms with E-state index in [0.717, 1.165) is 47.9 Å². The molecule has 0 radical (unpaired) electrons. The van der Waals surface area contributed by atoms with E-state index in [1.807, 2.05) is 49.1 Å². The van der Waals surface area contributed by atoms with E-state index < -0.39 is 0 Å². The van der Waals surface area contributed by atoms with Gasteiger partial charge in [-0.05, 0) is 61.6 Å². The van der Waals surface area contributed by atoms with Crippen LogP contribution in [0.5, 0.6) is 17.2 Å². The fraction of sp³-hybridized carbons (Fsp3) is 0.429. The zero-order chi connectivity index (χ0) is 25.1. The molecule has 0 spiro atoms. The molecule has 2 aromatic carbocycles. The Morgan fingerprint density at radius 2 is 1.86 bits per heavy atom. The number of hydrogen-bond acceptors (Lipinski definition) is 5. The molecule has 0 saturated carbocycles. The summed E-state index contributed by atoms with van der Waals surface area (Å²) < 4.78 is 11.6. The van der Waals surface area contributed by atoms with Crippen molar-refractivity contribution in [3.05, 3.63) is 58.3 Å². The number of nitrogens with one attached hydrogen (secondary N) is 1. The van der Waals surface area contributed by atoms with Gasteiger partial charge in [0.1, 0.15) is 17.1 Å². The van der Waals surface area contributed by atoms with Crippen molar-refractivity contribution < 1.29 is 19.4 Å². The van der Waals surface area contributed by atoms with Crippen LogP contribution in [0.3, 0.4) is 0 Å². The molecule has 1 unspecified atom stereocenters. The van der Waals surface area contributed by atoms with Gasteiger partial charge >= 0.3 is 0 Å². The summed E-state index contributed by atoms with van der Waals surface area (Å²) in [6.45, 7) is 9.34. The average molecular weight is 478 g/mol. The number of rotatable bonds is 10. The maximum Gasteiger partial charge on any atom is 0.273 e.